The van der Waals surface area contributed by atoms with Gasteiger partial charge in [-0.15, -0.1) is 0 Å². The van der Waals surface area contributed by atoms with Crippen molar-refractivity contribution in [2.24, 2.45) is 4.99 Å². The number of thiazole rings is 1. The number of non-ortho nitro benzene ring substituents is 1. The van der Waals surface area contributed by atoms with Crippen LogP contribution in [-0.4, -0.2) is 45.1 Å². The van der Waals surface area contributed by atoms with Crippen LogP contribution in [0.25, 0.3) is 45.1 Å². The zero-order chi connectivity index (χ0) is 39.8. The number of benzene rings is 5. The minimum absolute atomic E-state index is 0.0127. The maximum absolute atomic E-state index is 15.1. The summed E-state index contributed by atoms with van der Waals surface area (Å²) >= 11 is 1.27. The fourth-order valence-electron chi connectivity index (χ4n) is 7.77. The molecule has 3 heterocycles. The van der Waals surface area contributed by atoms with Crippen LogP contribution in [0.3, 0.4) is 0 Å². The van der Waals surface area contributed by atoms with E-state index in [9.17, 15) is 14.9 Å². The van der Waals surface area contributed by atoms with E-state index in [1.165, 1.54) is 23.5 Å². The molecule has 1 amide bonds. The molecule has 2 aromatic heterocycles. The Balaban J connectivity index is 1.43. The number of likely N-dealkylation sites (N-methyl/N-ethyl adjacent to an activating group) is 1. The van der Waals surface area contributed by atoms with Crippen LogP contribution < -0.4 is 19.6 Å². The van der Waals surface area contributed by atoms with E-state index in [4.69, 9.17) is 9.73 Å². The van der Waals surface area contributed by atoms with E-state index >= 15 is 4.79 Å². The van der Waals surface area contributed by atoms with E-state index in [-0.39, 0.29) is 17.2 Å². The summed E-state index contributed by atoms with van der Waals surface area (Å²) in [6, 6.07) is 39.2. The van der Waals surface area contributed by atoms with E-state index in [0.29, 0.717) is 45.0 Å². The summed E-state index contributed by atoms with van der Waals surface area (Å²) in [5.41, 5.74) is 6.31. The molecule has 0 saturated heterocycles. The van der Waals surface area contributed by atoms with Gasteiger partial charge in [-0.2, -0.15) is 0 Å². The summed E-state index contributed by atoms with van der Waals surface area (Å²) in [5.74, 6) is 0.376. The van der Waals surface area contributed by atoms with Gasteiger partial charge in [0.1, 0.15) is 11.8 Å². The van der Waals surface area contributed by atoms with E-state index in [1.54, 1.807) is 28.7 Å². The highest BCUT2D eigenvalue weighted by Crippen LogP contribution is 2.41. The van der Waals surface area contributed by atoms with Gasteiger partial charge in [0.25, 0.3) is 17.2 Å². The van der Waals surface area contributed by atoms with E-state index in [2.05, 4.69) is 4.57 Å². The second kappa shape index (κ2) is 15.4. The first-order chi connectivity index (χ1) is 27.7. The Labute approximate surface area is 332 Å². The van der Waals surface area contributed by atoms with Crippen LogP contribution in [0.15, 0.2) is 148 Å². The van der Waals surface area contributed by atoms with Gasteiger partial charge < -0.3 is 14.2 Å². The van der Waals surface area contributed by atoms with Crippen molar-refractivity contribution < 1.29 is 14.5 Å². The summed E-state index contributed by atoms with van der Waals surface area (Å²) in [4.78, 5) is 48.0. The van der Waals surface area contributed by atoms with Gasteiger partial charge in [-0.1, -0.05) is 102 Å². The molecule has 8 rings (SSSR count). The van der Waals surface area contributed by atoms with Gasteiger partial charge >= 0.3 is 0 Å². The third kappa shape index (κ3) is 6.55. The van der Waals surface area contributed by atoms with Crippen LogP contribution in [0.2, 0.25) is 0 Å². The van der Waals surface area contributed by atoms with E-state index in [0.717, 1.165) is 44.5 Å². The smallest absolute Gasteiger partial charge is 0.271 e. The number of fused-ring (bicyclic) bond motifs is 2. The summed E-state index contributed by atoms with van der Waals surface area (Å²) < 4.78 is 10.1. The first-order valence-corrected chi connectivity index (χ1v) is 19.5. The number of nitrogens with zero attached hydrogens (tertiary/aromatic N) is 5. The number of nitro groups is 1. The molecule has 0 spiro atoms. The number of aromatic nitrogens is 2. The Bertz CT molecular complexity index is 2890. The second-order valence-corrected chi connectivity index (χ2v) is 14.6. The van der Waals surface area contributed by atoms with Gasteiger partial charge in [0, 0.05) is 42.0 Å². The molecule has 0 unspecified atom stereocenters. The number of allylic oxidation sites excluding steroid dienone is 1. The Morgan fingerprint density at radius 1 is 0.895 bits per heavy atom. The van der Waals surface area contributed by atoms with Crippen molar-refractivity contribution in [3.05, 3.63) is 180 Å². The van der Waals surface area contributed by atoms with Crippen molar-refractivity contribution in [1.29, 1.82) is 0 Å². The zero-order valence-electron chi connectivity index (χ0n) is 31.9. The molecule has 5 aromatic carbocycles. The molecule has 0 N–H and O–H groups in total. The molecule has 7 aromatic rings. The molecule has 1 atom stereocenters. The molecule has 10 nitrogen and oxygen atoms in total. The lowest BCUT2D eigenvalue weighted by Crippen LogP contribution is -2.43. The molecule has 1 aliphatic heterocycles. The summed E-state index contributed by atoms with van der Waals surface area (Å²) in [6.07, 6.45) is 1.89. The number of carbonyl (C=O) groups is 1. The fraction of sp³-hybridized carbons (Fsp3) is 0.152. The Morgan fingerprint density at radius 3 is 2.19 bits per heavy atom. The van der Waals surface area contributed by atoms with Gasteiger partial charge in [-0.05, 0) is 73.0 Å². The van der Waals surface area contributed by atoms with Crippen molar-refractivity contribution in [3.63, 3.8) is 0 Å². The maximum atomic E-state index is 15.1. The van der Waals surface area contributed by atoms with Crippen LogP contribution >= 0.6 is 11.3 Å². The minimum Gasteiger partial charge on any atom is -0.496 e. The molecule has 0 fully saturated rings. The number of carbonyl (C=O) groups excluding carboxylic acids is 1. The highest BCUT2D eigenvalue weighted by Gasteiger charge is 2.37. The van der Waals surface area contributed by atoms with Crippen molar-refractivity contribution in [2.45, 2.75) is 26.8 Å². The van der Waals surface area contributed by atoms with E-state index < -0.39 is 11.0 Å². The van der Waals surface area contributed by atoms with Crippen molar-refractivity contribution in [1.82, 2.24) is 14.0 Å². The normalized spacial score (nSPS) is 14.0. The first-order valence-electron chi connectivity index (χ1n) is 18.7. The SMILES string of the molecule is CCN(CC)C(=O)C1=C(C)N=c2s/c(=C/c3cc(-c4ccccc4)n(-c4ccc([N+](=O)[O-])cc4)c3-c3ccccc3)c(=O)n2[C@H]1c1c(OC)ccc2ccccc12. The van der Waals surface area contributed by atoms with Crippen LogP contribution in [0.1, 0.15) is 37.9 Å². The predicted octanol–water partition coefficient (Wildman–Crippen LogP) is 8.30. The second-order valence-electron chi connectivity index (χ2n) is 13.6. The molecule has 0 radical (unpaired) electrons. The van der Waals surface area contributed by atoms with Crippen molar-refractivity contribution in [2.75, 3.05) is 20.2 Å². The monoisotopic (exact) mass is 773 g/mol. The third-order valence-corrected chi connectivity index (χ3v) is 11.5. The minimum atomic E-state index is -0.823. The number of ether oxygens (including phenoxy) is 1. The molecular formula is C46H39N5O5S. The fourth-order valence-corrected chi connectivity index (χ4v) is 8.81. The molecule has 284 valence electrons. The molecular weight excluding hydrogens is 735 g/mol. The summed E-state index contributed by atoms with van der Waals surface area (Å²) in [6.45, 7) is 6.71. The Kier molecular flexibility index (Phi) is 9.99. The Morgan fingerprint density at radius 2 is 1.54 bits per heavy atom. The standard InChI is InChI=1S/C46H39N5O5S/c1-5-48(6-2)45(53)40-29(3)47-46-50(43(40)41-36-20-14-13-15-30(36)21-26-38(41)56-4)44(52)39(57-46)28-33-27-37(31-16-9-7-10-17-31)49(42(33)32-18-11-8-12-19-32)34-22-24-35(25-23-34)51(54)55/h7-28,43H,5-6H2,1-4H3/b39-28+/t43-/m1/s1. The molecule has 0 aliphatic carbocycles. The van der Waals surface area contributed by atoms with Crippen molar-refractivity contribution in [3.8, 4) is 34.0 Å². The number of hydrogen-bond donors (Lipinski definition) is 0. The van der Waals surface area contributed by atoms with Gasteiger partial charge in [0.2, 0.25) is 0 Å². The highest BCUT2D eigenvalue weighted by molar-refractivity contribution is 7.07. The number of amides is 1. The van der Waals surface area contributed by atoms with Crippen LogP contribution in [0.5, 0.6) is 5.75 Å². The summed E-state index contributed by atoms with van der Waals surface area (Å²) in [5, 5.41) is 13.5. The molecule has 1 aliphatic rings. The molecule has 0 bridgehead atoms. The lowest BCUT2D eigenvalue weighted by molar-refractivity contribution is -0.384. The number of methoxy groups -OCH3 is 1. The quantitative estimate of drug-likeness (QED) is 0.103. The highest BCUT2D eigenvalue weighted by atomic mass is 32.1. The van der Waals surface area contributed by atoms with Crippen molar-refractivity contribution >= 4 is 39.8 Å². The molecule has 0 saturated carbocycles. The number of hydrogen-bond acceptors (Lipinski definition) is 7. The van der Waals surface area contributed by atoms with Gasteiger partial charge in [-0.3, -0.25) is 24.3 Å². The number of nitro benzene ring substituents is 1. The molecule has 57 heavy (non-hydrogen) atoms. The summed E-state index contributed by atoms with van der Waals surface area (Å²) in [7, 11) is 1.60. The predicted molar refractivity (Wildman–Crippen MR) is 225 cm³/mol. The maximum Gasteiger partial charge on any atom is 0.271 e. The number of rotatable bonds is 10. The lowest BCUT2D eigenvalue weighted by atomic mass is 9.90. The topological polar surface area (TPSA) is 112 Å². The van der Waals surface area contributed by atoms with Gasteiger partial charge in [0.15, 0.2) is 4.80 Å². The largest absolute Gasteiger partial charge is 0.496 e. The average Bonchev–Trinajstić information content (AvgIpc) is 3.77. The zero-order valence-corrected chi connectivity index (χ0v) is 32.7. The van der Waals surface area contributed by atoms with Crippen LogP contribution in [0, 0.1) is 10.1 Å². The Hall–Kier alpha value is -6.85. The van der Waals surface area contributed by atoms with Gasteiger partial charge in [0.05, 0.1) is 39.2 Å². The van der Waals surface area contributed by atoms with Crippen LogP contribution in [0.4, 0.5) is 5.69 Å². The average molecular weight is 774 g/mol. The van der Waals surface area contributed by atoms with E-state index in [1.807, 2.05) is 130 Å². The molecule has 11 heteroatoms. The first kappa shape index (κ1) is 37.1. The van der Waals surface area contributed by atoms with Crippen LogP contribution in [-0.2, 0) is 4.79 Å². The lowest BCUT2D eigenvalue weighted by Gasteiger charge is -2.30. The third-order valence-electron chi connectivity index (χ3n) is 10.5. The van der Waals surface area contributed by atoms with Gasteiger partial charge in [-0.25, -0.2) is 4.99 Å².